The summed E-state index contributed by atoms with van der Waals surface area (Å²) in [6, 6.07) is 4.17. The second-order valence-corrected chi connectivity index (χ2v) is 6.74. The number of hydrogen-bond donors (Lipinski definition) is 2. The summed E-state index contributed by atoms with van der Waals surface area (Å²) in [7, 11) is 0. The molecule has 2 N–H and O–H groups in total. The van der Waals surface area contributed by atoms with Crippen LogP contribution < -0.4 is 20.1 Å². The maximum atomic E-state index is 5.85. The minimum Gasteiger partial charge on any atom is -0.494 e. The minimum atomic E-state index is 0.229. The van der Waals surface area contributed by atoms with Crippen LogP contribution in [-0.4, -0.2) is 37.1 Å². The molecule has 132 valence electrons. The van der Waals surface area contributed by atoms with E-state index in [0.717, 1.165) is 49.5 Å². The lowest BCUT2D eigenvalue weighted by molar-refractivity contribution is 0.114. The van der Waals surface area contributed by atoms with Crippen molar-refractivity contribution in [1.82, 2.24) is 10.6 Å². The Hall–Kier alpha value is -1.53. The highest BCUT2D eigenvalue weighted by atomic mass is 32.1. The summed E-state index contributed by atoms with van der Waals surface area (Å²) in [6.45, 7) is 6.95. The Balaban J connectivity index is 1.57. The first-order valence-corrected chi connectivity index (χ1v) is 9.15. The maximum absolute atomic E-state index is 5.85. The molecular formula is C18H26N2O3S. The highest BCUT2D eigenvalue weighted by molar-refractivity contribution is 7.80. The molecule has 1 aromatic carbocycles. The molecule has 0 amide bonds. The Morgan fingerprint density at radius 2 is 2.25 bits per heavy atom. The molecular weight excluding hydrogens is 324 g/mol. The average molecular weight is 350 g/mol. The predicted molar refractivity (Wildman–Crippen MR) is 97.8 cm³/mol. The second kappa shape index (κ2) is 8.03. The molecule has 24 heavy (non-hydrogen) atoms. The van der Waals surface area contributed by atoms with Gasteiger partial charge in [-0.1, -0.05) is 0 Å². The van der Waals surface area contributed by atoms with Gasteiger partial charge >= 0.3 is 0 Å². The van der Waals surface area contributed by atoms with Crippen molar-refractivity contribution in [3.05, 3.63) is 23.3 Å². The van der Waals surface area contributed by atoms with Gasteiger partial charge in [0.1, 0.15) is 17.6 Å². The van der Waals surface area contributed by atoms with Gasteiger partial charge in [-0.3, -0.25) is 0 Å². The first kappa shape index (κ1) is 17.3. The molecule has 2 heterocycles. The number of fused-ring (bicyclic) bond motifs is 1. The largest absolute Gasteiger partial charge is 0.494 e. The van der Waals surface area contributed by atoms with Crippen LogP contribution in [0.4, 0.5) is 0 Å². The van der Waals surface area contributed by atoms with Crippen LogP contribution >= 0.6 is 12.2 Å². The number of thiocarbonyl (C=S) groups is 1. The molecule has 5 nitrogen and oxygen atoms in total. The molecule has 6 heteroatoms. The molecule has 1 aromatic rings. The van der Waals surface area contributed by atoms with Gasteiger partial charge in [-0.05, 0) is 51.0 Å². The lowest BCUT2D eigenvalue weighted by Gasteiger charge is -2.16. The van der Waals surface area contributed by atoms with E-state index in [1.807, 2.05) is 6.92 Å². The first-order valence-electron chi connectivity index (χ1n) is 8.74. The van der Waals surface area contributed by atoms with Gasteiger partial charge in [0.15, 0.2) is 5.11 Å². The third-order valence-electron chi connectivity index (χ3n) is 4.33. The van der Waals surface area contributed by atoms with Crippen molar-refractivity contribution in [3.63, 3.8) is 0 Å². The van der Waals surface area contributed by atoms with E-state index in [0.29, 0.717) is 18.3 Å². The third-order valence-corrected chi connectivity index (χ3v) is 4.62. The minimum absolute atomic E-state index is 0.229. The van der Waals surface area contributed by atoms with E-state index in [1.165, 1.54) is 5.56 Å². The summed E-state index contributed by atoms with van der Waals surface area (Å²) < 4.78 is 17.2. The summed E-state index contributed by atoms with van der Waals surface area (Å²) >= 11 is 5.36. The second-order valence-electron chi connectivity index (χ2n) is 6.33. The third kappa shape index (κ3) is 4.30. The topological polar surface area (TPSA) is 51.8 Å². The smallest absolute Gasteiger partial charge is 0.166 e. The van der Waals surface area contributed by atoms with Crippen molar-refractivity contribution in [2.75, 3.05) is 19.8 Å². The molecule has 0 bridgehead atoms. The maximum Gasteiger partial charge on any atom is 0.166 e. The fraction of sp³-hybridized carbons (Fsp3) is 0.611. The lowest BCUT2D eigenvalue weighted by atomic mass is 10.1. The van der Waals surface area contributed by atoms with Crippen molar-refractivity contribution < 1.29 is 14.2 Å². The van der Waals surface area contributed by atoms with Crippen molar-refractivity contribution in [2.45, 2.75) is 51.9 Å². The van der Waals surface area contributed by atoms with Gasteiger partial charge in [-0.25, -0.2) is 0 Å². The van der Waals surface area contributed by atoms with Crippen molar-refractivity contribution in [3.8, 4) is 11.5 Å². The molecule has 3 rings (SSSR count). The first-order chi connectivity index (χ1) is 11.7. The molecule has 0 radical (unpaired) electrons. The average Bonchev–Trinajstić information content (AvgIpc) is 3.19. The standard InChI is InChI=1S/C18H26N2O3S/c1-3-21-16-8-13-7-12(2)23-17(13)9-14(16)10-19-18(24)20-11-15-5-4-6-22-15/h8-9,12,15H,3-7,10-11H2,1-2H3,(H2,19,20,24)/t12-,15-/m0/s1. The molecule has 0 spiro atoms. The van der Waals surface area contributed by atoms with E-state index in [-0.39, 0.29) is 12.2 Å². The molecule has 0 aliphatic carbocycles. The molecule has 2 aliphatic heterocycles. The molecule has 1 saturated heterocycles. The van der Waals surface area contributed by atoms with Crippen molar-refractivity contribution in [2.24, 2.45) is 0 Å². The van der Waals surface area contributed by atoms with E-state index >= 15 is 0 Å². The van der Waals surface area contributed by atoms with Crippen LogP contribution in [0.2, 0.25) is 0 Å². The van der Waals surface area contributed by atoms with Gasteiger partial charge in [0.25, 0.3) is 0 Å². The zero-order valence-electron chi connectivity index (χ0n) is 14.4. The summed E-state index contributed by atoms with van der Waals surface area (Å²) in [4.78, 5) is 0. The van der Waals surface area contributed by atoms with Crippen LogP contribution in [0.1, 0.15) is 37.8 Å². The zero-order chi connectivity index (χ0) is 16.9. The monoisotopic (exact) mass is 350 g/mol. The van der Waals surface area contributed by atoms with E-state index in [2.05, 4.69) is 29.7 Å². The molecule has 0 unspecified atom stereocenters. The molecule has 1 fully saturated rings. The Morgan fingerprint density at radius 3 is 3.00 bits per heavy atom. The van der Waals surface area contributed by atoms with E-state index in [1.54, 1.807) is 0 Å². The van der Waals surface area contributed by atoms with Crippen LogP contribution in [0.15, 0.2) is 12.1 Å². The number of hydrogen-bond acceptors (Lipinski definition) is 4. The highest BCUT2D eigenvalue weighted by Crippen LogP contribution is 2.35. The van der Waals surface area contributed by atoms with Crippen molar-refractivity contribution in [1.29, 1.82) is 0 Å². The van der Waals surface area contributed by atoms with Gasteiger partial charge in [0, 0.05) is 37.2 Å². The van der Waals surface area contributed by atoms with Crippen LogP contribution in [0.25, 0.3) is 0 Å². The van der Waals surface area contributed by atoms with Crippen LogP contribution in [-0.2, 0) is 17.7 Å². The van der Waals surface area contributed by atoms with Crippen LogP contribution in [0.5, 0.6) is 11.5 Å². The fourth-order valence-corrected chi connectivity index (χ4v) is 3.31. The normalized spacial score (nSPS) is 21.9. The van der Waals surface area contributed by atoms with Gasteiger partial charge in [-0.2, -0.15) is 0 Å². The zero-order valence-corrected chi connectivity index (χ0v) is 15.2. The number of rotatable bonds is 6. The van der Waals surface area contributed by atoms with Crippen molar-refractivity contribution >= 4 is 17.3 Å². The highest BCUT2D eigenvalue weighted by Gasteiger charge is 2.22. The Labute approximate surface area is 149 Å². The number of ether oxygens (including phenoxy) is 3. The molecule has 2 atom stereocenters. The SMILES string of the molecule is CCOc1cc2c(cc1CNC(=S)NC[C@@H]1CCCO1)O[C@@H](C)C2. The Morgan fingerprint density at radius 1 is 1.38 bits per heavy atom. The fourth-order valence-electron chi connectivity index (χ4n) is 3.16. The van der Waals surface area contributed by atoms with E-state index in [9.17, 15) is 0 Å². The summed E-state index contributed by atoms with van der Waals surface area (Å²) in [6.07, 6.45) is 3.68. The van der Waals surface area contributed by atoms with Crippen LogP contribution in [0.3, 0.4) is 0 Å². The lowest BCUT2D eigenvalue weighted by Crippen LogP contribution is -2.39. The summed E-state index contributed by atoms with van der Waals surface area (Å²) in [5.74, 6) is 1.87. The van der Waals surface area contributed by atoms with Gasteiger partial charge in [-0.15, -0.1) is 0 Å². The van der Waals surface area contributed by atoms with Gasteiger partial charge < -0.3 is 24.8 Å². The predicted octanol–water partition coefficient (Wildman–Crippen LogP) is 2.55. The molecule has 0 aromatic heterocycles. The quantitative estimate of drug-likeness (QED) is 0.769. The summed E-state index contributed by atoms with van der Waals surface area (Å²) in [5.41, 5.74) is 2.28. The van der Waals surface area contributed by atoms with Gasteiger partial charge in [0.2, 0.25) is 0 Å². The van der Waals surface area contributed by atoms with E-state index in [4.69, 9.17) is 26.4 Å². The Kier molecular flexibility index (Phi) is 5.79. The van der Waals surface area contributed by atoms with Crippen LogP contribution in [0, 0.1) is 0 Å². The number of benzene rings is 1. The molecule has 0 saturated carbocycles. The Bertz CT molecular complexity index is 588. The van der Waals surface area contributed by atoms with E-state index < -0.39 is 0 Å². The summed E-state index contributed by atoms with van der Waals surface area (Å²) in [5, 5.41) is 7.12. The molecule has 2 aliphatic rings. The van der Waals surface area contributed by atoms with Gasteiger partial charge in [0.05, 0.1) is 12.7 Å². The number of nitrogens with one attached hydrogen (secondary N) is 2.